The second-order valence-corrected chi connectivity index (χ2v) is 7.97. The van der Waals surface area contributed by atoms with Crippen LogP contribution in [0.5, 0.6) is 5.75 Å². The van der Waals surface area contributed by atoms with E-state index in [0.29, 0.717) is 25.7 Å². The molecule has 1 heterocycles. The summed E-state index contributed by atoms with van der Waals surface area (Å²) in [6.45, 7) is 0.209. The molecule has 0 aromatic heterocycles. The van der Waals surface area contributed by atoms with Gasteiger partial charge in [-0.15, -0.1) is 0 Å². The van der Waals surface area contributed by atoms with Crippen molar-refractivity contribution in [2.75, 3.05) is 19.0 Å². The van der Waals surface area contributed by atoms with Gasteiger partial charge in [0.05, 0.1) is 12.0 Å². The van der Waals surface area contributed by atoms with Gasteiger partial charge in [0.25, 0.3) is 5.91 Å². The summed E-state index contributed by atoms with van der Waals surface area (Å²) in [5.41, 5.74) is 1.38. The number of ether oxygens (including phenoxy) is 1. The summed E-state index contributed by atoms with van der Waals surface area (Å²) >= 11 is 12.7. The van der Waals surface area contributed by atoms with Gasteiger partial charge in [0.15, 0.2) is 0 Å². The number of benzene rings is 2. The molecule has 2 amide bonds. The van der Waals surface area contributed by atoms with E-state index in [0.717, 1.165) is 5.56 Å². The Bertz CT molecular complexity index is 962. The summed E-state index contributed by atoms with van der Waals surface area (Å²) in [5, 5.41) is 3.35. The minimum Gasteiger partial charge on any atom is -0.497 e. The minimum atomic E-state index is -0.218. The molecule has 1 fully saturated rings. The molecule has 1 N–H and O–H groups in total. The fraction of sp³-hybridized carbons (Fsp3) is 0.150. The van der Waals surface area contributed by atoms with Crippen LogP contribution in [0.2, 0.25) is 5.02 Å². The number of nitrogens with one attached hydrogen (secondary N) is 1. The van der Waals surface area contributed by atoms with E-state index in [4.69, 9.17) is 28.6 Å². The number of carbonyl (C=O) groups is 2. The summed E-state index contributed by atoms with van der Waals surface area (Å²) in [6.07, 6.45) is 1.85. The molecule has 0 aliphatic carbocycles. The first-order valence-corrected chi connectivity index (χ1v) is 10.0. The van der Waals surface area contributed by atoms with Gasteiger partial charge in [-0.25, -0.2) is 0 Å². The maximum atomic E-state index is 12.6. The maximum absolute atomic E-state index is 12.6. The van der Waals surface area contributed by atoms with Crippen molar-refractivity contribution in [3.63, 3.8) is 0 Å². The lowest BCUT2D eigenvalue weighted by Crippen LogP contribution is -2.31. The number of methoxy groups -OCH3 is 1. The van der Waals surface area contributed by atoms with Crippen LogP contribution in [0.15, 0.2) is 53.4 Å². The maximum Gasteiger partial charge on any atom is 0.266 e. The summed E-state index contributed by atoms with van der Waals surface area (Å²) in [4.78, 5) is 26.8. The molecule has 28 heavy (non-hydrogen) atoms. The largest absolute Gasteiger partial charge is 0.497 e. The fourth-order valence-electron chi connectivity index (χ4n) is 2.56. The van der Waals surface area contributed by atoms with Crippen LogP contribution in [0, 0.1) is 0 Å². The number of hydrogen-bond acceptors (Lipinski definition) is 5. The summed E-state index contributed by atoms with van der Waals surface area (Å²) in [7, 11) is 1.56. The number of anilines is 1. The number of halogens is 1. The highest BCUT2D eigenvalue weighted by atomic mass is 35.5. The number of hydrogen-bond donors (Lipinski definition) is 1. The molecule has 2 aromatic rings. The Morgan fingerprint density at radius 1 is 1.29 bits per heavy atom. The third-order valence-electron chi connectivity index (χ3n) is 3.98. The number of thioether (sulfide) groups is 1. The number of amides is 2. The zero-order chi connectivity index (χ0) is 20.1. The van der Waals surface area contributed by atoms with Crippen LogP contribution in [0.4, 0.5) is 5.69 Å². The molecular formula is C20H17ClN2O3S2. The minimum absolute atomic E-state index is 0.128. The first-order valence-electron chi connectivity index (χ1n) is 8.42. The average molecular weight is 433 g/mol. The van der Waals surface area contributed by atoms with Gasteiger partial charge in [-0.1, -0.05) is 59.8 Å². The second kappa shape index (κ2) is 9.23. The van der Waals surface area contributed by atoms with E-state index in [1.165, 1.54) is 16.7 Å². The van der Waals surface area contributed by atoms with E-state index >= 15 is 0 Å². The lowest BCUT2D eigenvalue weighted by Gasteiger charge is -2.14. The Morgan fingerprint density at radius 2 is 2.07 bits per heavy atom. The standard InChI is InChI=1S/C20H17ClN2O3S2/c1-26-15-7-4-6-14(12-15)22-18(24)9-10-23-19(25)17(28-20(23)27)11-13-5-2-3-8-16(13)21/h2-8,11-12H,9-10H2,1H3,(H,22,24). The van der Waals surface area contributed by atoms with E-state index in [-0.39, 0.29) is 24.8 Å². The fourth-order valence-corrected chi connectivity index (χ4v) is 4.05. The molecule has 144 valence electrons. The van der Waals surface area contributed by atoms with Crippen LogP contribution in [-0.2, 0) is 9.59 Å². The number of rotatable bonds is 6. The Balaban J connectivity index is 1.61. The molecule has 5 nitrogen and oxygen atoms in total. The molecule has 1 aliphatic heterocycles. The lowest BCUT2D eigenvalue weighted by atomic mass is 10.2. The van der Waals surface area contributed by atoms with E-state index in [1.807, 2.05) is 18.2 Å². The zero-order valence-electron chi connectivity index (χ0n) is 15.0. The molecule has 2 aromatic carbocycles. The summed E-state index contributed by atoms with van der Waals surface area (Å²) in [6, 6.07) is 14.3. The molecule has 0 radical (unpaired) electrons. The van der Waals surface area contributed by atoms with Crippen molar-refractivity contribution < 1.29 is 14.3 Å². The zero-order valence-corrected chi connectivity index (χ0v) is 17.4. The third kappa shape index (κ3) is 4.92. The first-order chi connectivity index (χ1) is 13.5. The molecule has 1 aliphatic rings. The lowest BCUT2D eigenvalue weighted by molar-refractivity contribution is -0.122. The van der Waals surface area contributed by atoms with Gasteiger partial charge in [0, 0.05) is 29.7 Å². The van der Waals surface area contributed by atoms with E-state index in [1.54, 1.807) is 43.5 Å². The highest BCUT2D eigenvalue weighted by Gasteiger charge is 2.32. The molecule has 1 saturated heterocycles. The van der Waals surface area contributed by atoms with Crippen LogP contribution in [0.3, 0.4) is 0 Å². The van der Waals surface area contributed by atoms with E-state index in [9.17, 15) is 9.59 Å². The van der Waals surface area contributed by atoms with Crippen molar-refractivity contribution in [3.8, 4) is 5.75 Å². The molecule has 8 heteroatoms. The van der Waals surface area contributed by atoms with Gasteiger partial charge in [0.1, 0.15) is 10.1 Å². The van der Waals surface area contributed by atoms with Gasteiger partial charge in [-0.2, -0.15) is 0 Å². The average Bonchev–Trinajstić information content (AvgIpc) is 2.95. The van der Waals surface area contributed by atoms with Gasteiger partial charge < -0.3 is 10.1 Å². The molecule has 3 rings (SSSR count). The molecule has 0 bridgehead atoms. The van der Waals surface area contributed by atoms with Gasteiger partial charge in [0.2, 0.25) is 5.91 Å². The first kappa shape index (κ1) is 20.4. The monoisotopic (exact) mass is 432 g/mol. The predicted molar refractivity (Wildman–Crippen MR) is 118 cm³/mol. The number of nitrogens with zero attached hydrogens (tertiary/aromatic N) is 1. The van der Waals surface area contributed by atoms with Crippen molar-refractivity contribution >= 4 is 63.5 Å². The smallest absolute Gasteiger partial charge is 0.266 e. The normalized spacial score (nSPS) is 15.2. The summed E-state index contributed by atoms with van der Waals surface area (Å²) < 4.78 is 5.56. The van der Waals surface area contributed by atoms with Crippen molar-refractivity contribution in [1.29, 1.82) is 0 Å². The molecular weight excluding hydrogens is 416 g/mol. The Hall–Kier alpha value is -2.35. The van der Waals surface area contributed by atoms with Gasteiger partial charge in [-0.05, 0) is 29.8 Å². The third-order valence-corrected chi connectivity index (χ3v) is 5.70. The molecule has 0 unspecified atom stereocenters. The topological polar surface area (TPSA) is 58.6 Å². The van der Waals surface area contributed by atoms with Crippen LogP contribution in [-0.4, -0.2) is 34.7 Å². The molecule has 0 spiro atoms. The van der Waals surface area contributed by atoms with Crippen molar-refractivity contribution in [2.45, 2.75) is 6.42 Å². The van der Waals surface area contributed by atoms with Crippen LogP contribution in [0.1, 0.15) is 12.0 Å². The summed E-state index contributed by atoms with van der Waals surface area (Å²) in [5.74, 6) is 0.223. The molecule has 0 atom stereocenters. The molecule has 0 saturated carbocycles. The SMILES string of the molecule is COc1cccc(NC(=O)CCN2C(=O)C(=Cc3ccccc3Cl)SC2=S)c1. The van der Waals surface area contributed by atoms with E-state index < -0.39 is 0 Å². The Kier molecular flexibility index (Phi) is 6.72. The van der Waals surface area contributed by atoms with Crippen molar-refractivity contribution in [1.82, 2.24) is 4.90 Å². The van der Waals surface area contributed by atoms with Gasteiger partial charge >= 0.3 is 0 Å². The second-order valence-electron chi connectivity index (χ2n) is 5.88. The highest BCUT2D eigenvalue weighted by molar-refractivity contribution is 8.26. The van der Waals surface area contributed by atoms with Crippen LogP contribution < -0.4 is 10.1 Å². The Morgan fingerprint density at radius 3 is 2.82 bits per heavy atom. The number of thiocarbonyl (C=S) groups is 1. The van der Waals surface area contributed by atoms with Crippen molar-refractivity contribution in [3.05, 3.63) is 64.0 Å². The number of carbonyl (C=O) groups excluding carboxylic acids is 2. The Labute approximate surface area is 177 Å². The van der Waals surface area contributed by atoms with Crippen molar-refractivity contribution in [2.24, 2.45) is 0 Å². The van der Waals surface area contributed by atoms with Crippen LogP contribution >= 0.6 is 35.6 Å². The van der Waals surface area contributed by atoms with E-state index in [2.05, 4.69) is 5.32 Å². The van der Waals surface area contributed by atoms with Gasteiger partial charge in [-0.3, -0.25) is 14.5 Å². The van der Waals surface area contributed by atoms with Crippen LogP contribution in [0.25, 0.3) is 6.08 Å². The predicted octanol–water partition coefficient (Wildman–Crippen LogP) is 4.58. The highest BCUT2D eigenvalue weighted by Crippen LogP contribution is 2.33. The quantitative estimate of drug-likeness (QED) is 0.535.